The van der Waals surface area contributed by atoms with Crippen molar-refractivity contribution in [2.45, 2.75) is 25.8 Å². The molecule has 1 aromatic rings. The molecule has 2 unspecified atom stereocenters. The van der Waals surface area contributed by atoms with E-state index in [1.165, 1.54) is 28.6 Å². The summed E-state index contributed by atoms with van der Waals surface area (Å²) in [5.41, 5.74) is 0.127. The largest absolute Gasteiger partial charge is 0.480 e. The summed E-state index contributed by atoms with van der Waals surface area (Å²) in [5, 5.41) is 20.2. The molecule has 0 aromatic carbocycles. The Morgan fingerprint density at radius 2 is 2.10 bits per heavy atom. The molecule has 8 heteroatoms. The molecular weight excluding hydrogens is 278 g/mol. The maximum atomic E-state index is 12.5. The number of carbonyl (C=O) groups is 2. The highest BCUT2D eigenvalue weighted by Gasteiger charge is 2.39. The van der Waals surface area contributed by atoms with E-state index in [9.17, 15) is 24.8 Å². The third kappa shape index (κ3) is 2.61. The van der Waals surface area contributed by atoms with E-state index in [1.54, 1.807) is 6.92 Å². The molecular formula is C13H17N3O5. The van der Waals surface area contributed by atoms with Gasteiger partial charge >= 0.3 is 11.8 Å². The van der Waals surface area contributed by atoms with Gasteiger partial charge in [0.25, 0.3) is 5.91 Å². The summed E-state index contributed by atoms with van der Waals surface area (Å²) in [6.45, 7) is 2.14. The monoisotopic (exact) mass is 295 g/mol. The summed E-state index contributed by atoms with van der Waals surface area (Å²) in [5.74, 6) is -1.87. The van der Waals surface area contributed by atoms with Gasteiger partial charge in [0.05, 0.1) is 7.05 Å². The molecule has 0 bridgehead atoms. The van der Waals surface area contributed by atoms with Crippen LogP contribution in [0, 0.1) is 16.0 Å². The number of amides is 1. The Morgan fingerprint density at radius 3 is 2.62 bits per heavy atom. The number of aliphatic carboxylic acids is 1. The summed E-state index contributed by atoms with van der Waals surface area (Å²) < 4.78 is 1.18. The van der Waals surface area contributed by atoms with Crippen LogP contribution in [0.15, 0.2) is 12.1 Å². The summed E-state index contributed by atoms with van der Waals surface area (Å²) in [6, 6.07) is 1.72. The number of nitro groups is 1. The van der Waals surface area contributed by atoms with E-state index in [0.717, 1.165) is 12.8 Å². The minimum Gasteiger partial charge on any atom is -0.480 e. The zero-order valence-electron chi connectivity index (χ0n) is 11.9. The predicted molar refractivity (Wildman–Crippen MR) is 72.9 cm³/mol. The standard InChI is InChI=1S/C13H17N3O5/c1-8-4-3-7-15(11(8)13(18)19)12(17)9-5-6-10(14(9)2)16(20)21/h5-6,8,11H,3-4,7H2,1-2H3,(H,18,19). The van der Waals surface area contributed by atoms with E-state index < -0.39 is 22.8 Å². The van der Waals surface area contributed by atoms with Crippen molar-refractivity contribution in [3.05, 3.63) is 27.9 Å². The van der Waals surface area contributed by atoms with Gasteiger partial charge in [-0.1, -0.05) is 6.92 Å². The number of rotatable bonds is 3. The molecule has 0 radical (unpaired) electrons. The van der Waals surface area contributed by atoms with Crippen LogP contribution >= 0.6 is 0 Å². The zero-order chi connectivity index (χ0) is 15.7. The Hall–Kier alpha value is -2.38. The molecule has 2 rings (SSSR count). The van der Waals surface area contributed by atoms with Crippen molar-refractivity contribution >= 4 is 17.7 Å². The number of nitrogens with zero attached hydrogens (tertiary/aromatic N) is 3. The van der Waals surface area contributed by atoms with Crippen LogP contribution in [0.5, 0.6) is 0 Å². The molecule has 0 aliphatic carbocycles. The lowest BCUT2D eigenvalue weighted by Gasteiger charge is -2.36. The quantitative estimate of drug-likeness (QED) is 0.667. The lowest BCUT2D eigenvalue weighted by atomic mass is 9.90. The van der Waals surface area contributed by atoms with Crippen LogP contribution in [0.25, 0.3) is 0 Å². The molecule has 2 heterocycles. The molecule has 1 N–H and O–H groups in total. The van der Waals surface area contributed by atoms with E-state index in [0.29, 0.717) is 6.54 Å². The Bertz CT molecular complexity index is 595. The number of aromatic nitrogens is 1. The highest BCUT2D eigenvalue weighted by atomic mass is 16.6. The molecule has 1 amide bonds. The lowest BCUT2D eigenvalue weighted by molar-refractivity contribution is -0.391. The van der Waals surface area contributed by atoms with Crippen LogP contribution in [-0.2, 0) is 11.8 Å². The summed E-state index contributed by atoms with van der Waals surface area (Å²) in [6.07, 6.45) is 1.47. The summed E-state index contributed by atoms with van der Waals surface area (Å²) in [4.78, 5) is 35.5. The van der Waals surface area contributed by atoms with Crippen molar-refractivity contribution in [1.82, 2.24) is 9.47 Å². The molecule has 1 saturated heterocycles. The first kappa shape index (κ1) is 15.0. The van der Waals surface area contributed by atoms with Crippen molar-refractivity contribution in [2.24, 2.45) is 13.0 Å². The van der Waals surface area contributed by atoms with E-state index in [1.807, 2.05) is 0 Å². The highest BCUT2D eigenvalue weighted by molar-refractivity contribution is 5.96. The fraction of sp³-hybridized carbons (Fsp3) is 0.538. The predicted octanol–water partition coefficient (Wildman–Crippen LogP) is 1.26. The van der Waals surface area contributed by atoms with Gasteiger partial charge < -0.3 is 20.1 Å². The van der Waals surface area contributed by atoms with Gasteiger partial charge in [0.1, 0.15) is 6.04 Å². The molecule has 21 heavy (non-hydrogen) atoms. The lowest BCUT2D eigenvalue weighted by Crippen LogP contribution is -2.52. The second kappa shape index (κ2) is 5.55. The second-order valence-electron chi connectivity index (χ2n) is 5.29. The van der Waals surface area contributed by atoms with Gasteiger partial charge in [-0.25, -0.2) is 9.36 Å². The third-order valence-electron chi connectivity index (χ3n) is 3.95. The minimum absolute atomic E-state index is 0.127. The molecule has 1 aliphatic rings. The number of carbonyl (C=O) groups excluding carboxylic acids is 1. The number of hydrogen-bond acceptors (Lipinski definition) is 4. The van der Waals surface area contributed by atoms with Gasteiger partial charge in [0.15, 0.2) is 5.69 Å². The number of piperidine rings is 1. The molecule has 0 spiro atoms. The third-order valence-corrected chi connectivity index (χ3v) is 3.95. The van der Waals surface area contributed by atoms with Crippen LogP contribution in [0.2, 0.25) is 0 Å². The van der Waals surface area contributed by atoms with Crippen LogP contribution in [0.4, 0.5) is 5.82 Å². The summed E-state index contributed by atoms with van der Waals surface area (Å²) >= 11 is 0. The highest BCUT2D eigenvalue weighted by Crippen LogP contribution is 2.26. The SMILES string of the molecule is CC1CCCN(C(=O)c2ccc([N+](=O)[O-])n2C)C1C(=O)O. The van der Waals surface area contributed by atoms with Gasteiger partial charge in [-0.15, -0.1) is 0 Å². The topological polar surface area (TPSA) is 106 Å². The van der Waals surface area contributed by atoms with Gasteiger partial charge in [0.2, 0.25) is 0 Å². The Balaban J connectivity index is 2.34. The maximum Gasteiger partial charge on any atom is 0.326 e. The van der Waals surface area contributed by atoms with Crippen molar-refractivity contribution in [1.29, 1.82) is 0 Å². The first-order valence-corrected chi connectivity index (χ1v) is 6.68. The van der Waals surface area contributed by atoms with Crippen molar-refractivity contribution in [3.8, 4) is 0 Å². The number of likely N-dealkylation sites (tertiary alicyclic amines) is 1. The van der Waals surface area contributed by atoms with Crippen molar-refractivity contribution in [3.63, 3.8) is 0 Å². The smallest absolute Gasteiger partial charge is 0.326 e. The number of carboxylic acid groups (broad SMARTS) is 1. The van der Waals surface area contributed by atoms with E-state index in [-0.39, 0.29) is 17.4 Å². The maximum absolute atomic E-state index is 12.5. The number of hydrogen-bond donors (Lipinski definition) is 1. The van der Waals surface area contributed by atoms with Crippen LogP contribution in [0.3, 0.4) is 0 Å². The van der Waals surface area contributed by atoms with E-state index in [4.69, 9.17) is 0 Å². The van der Waals surface area contributed by atoms with Crippen molar-refractivity contribution < 1.29 is 19.6 Å². The molecule has 1 aliphatic heterocycles. The van der Waals surface area contributed by atoms with E-state index in [2.05, 4.69) is 0 Å². The van der Waals surface area contributed by atoms with Crippen LogP contribution < -0.4 is 0 Å². The van der Waals surface area contributed by atoms with Crippen LogP contribution in [0.1, 0.15) is 30.3 Å². The van der Waals surface area contributed by atoms with Crippen molar-refractivity contribution in [2.75, 3.05) is 6.54 Å². The van der Waals surface area contributed by atoms with Gasteiger partial charge in [-0.2, -0.15) is 0 Å². The normalized spacial score (nSPS) is 22.1. The van der Waals surface area contributed by atoms with Gasteiger partial charge in [-0.3, -0.25) is 4.79 Å². The average molecular weight is 295 g/mol. The fourth-order valence-corrected chi connectivity index (χ4v) is 2.84. The summed E-state index contributed by atoms with van der Waals surface area (Å²) in [7, 11) is 1.43. The molecule has 2 atom stereocenters. The Kier molecular flexibility index (Phi) is 3.97. The van der Waals surface area contributed by atoms with Gasteiger partial charge in [0, 0.05) is 12.6 Å². The first-order chi connectivity index (χ1) is 9.84. The minimum atomic E-state index is -1.04. The molecule has 1 aromatic heterocycles. The molecule has 0 saturated carbocycles. The number of carboxylic acids is 1. The average Bonchev–Trinajstić information content (AvgIpc) is 2.79. The molecule has 8 nitrogen and oxygen atoms in total. The molecule has 114 valence electrons. The van der Waals surface area contributed by atoms with Gasteiger partial charge in [-0.05, 0) is 29.7 Å². The van der Waals surface area contributed by atoms with Crippen LogP contribution in [-0.4, -0.2) is 44.0 Å². The zero-order valence-corrected chi connectivity index (χ0v) is 11.9. The van der Waals surface area contributed by atoms with E-state index >= 15 is 0 Å². The second-order valence-corrected chi connectivity index (χ2v) is 5.29. The fourth-order valence-electron chi connectivity index (χ4n) is 2.84. The Morgan fingerprint density at radius 1 is 1.43 bits per heavy atom. The first-order valence-electron chi connectivity index (χ1n) is 6.68. The molecule has 1 fully saturated rings. The Labute approximate surface area is 121 Å².